The number of ether oxygens (including phenoxy) is 1. The molecule has 1 saturated heterocycles. The van der Waals surface area contributed by atoms with E-state index in [-0.39, 0.29) is 11.5 Å². The highest BCUT2D eigenvalue weighted by molar-refractivity contribution is 7.98. The average Bonchev–Trinajstić information content (AvgIpc) is 3.43. The molecule has 1 aliphatic heterocycles. The normalized spacial score (nSPS) is 13.4. The lowest BCUT2D eigenvalue weighted by Gasteiger charge is -2.17. The van der Waals surface area contributed by atoms with Crippen molar-refractivity contribution in [2.75, 3.05) is 20.2 Å². The maximum Gasteiger partial charge on any atom is 0.266 e. The molecule has 6 nitrogen and oxygen atoms in total. The maximum atomic E-state index is 13.8. The Bertz CT molecular complexity index is 1510. The predicted molar refractivity (Wildman–Crippen MR) is 145 cm³/mol. The number of likely N-dealkylation sites (tertiary alicyclic amines) is 1. The van der Waals surface area contributed by atoms with Crippen LogP contribution in [0.5, 0.6) is 5.75 Å². The molecule has 7 heteroatoms. The van der Waals surface area contributed by atoms with Gasteiger partial charge in [0.2, 0.25) is 0 Å². The highest BCUT2D eigenvalue weighted by Gasteiger charge is 2.21. The van der Waals surface area contributed by atoms with E-state index in [2.05, 4.69) is 32.0 Å². The van der Waals surface area contributed by atoms with Crippen molar-refractivity contribution in [1.29, 1.82) is 0 Å². The van der Waals surface area contributed by atoms with Crippen molar-refractivity contribution in [2.45, 2.75) is 37.6 Å². The summed E-state index contributed by atoms with van der Waals surface area (Å²) in [5.41, 5.74) is 5.21. The molecule has 0 atom stereocenters. The molecule has 0 N–H and O–H groups in total. The number of benzene rings is 3. The molecule has 5 rings (SSSR count). The van der Waals surface area contributed by atoms with E-state index in [1.54, 1.807) is 29.9 Å². The number of thioether (sulfide) groups is 1. The van der Waals surface area contributed by atoms with Crippen LogP contribution >= 0.6 is 11.8 Å². The molecule has 184 valence electrons. The number of carbonyl (C=O) groups is 1. The lowest BCUT2D eigenvalue weighted by Crippen LogP contribution is -2.28. The molecule has 2 heterocycles. The smallest absolute Gasteiger partial charge is 0.266 e. The van der Waals surface area contributed by atoms with Crippen LogP contribution in [-0.4, -0.2) is 40.6 Å². The van der Waals surface area contributed by atoms with Gasteiger partial charge in [0.25, 0.3) is 11.5 Å². The fraction of sp³-hybridized carbons (Fsp3) is 0.276. The van der Waals surface area contributed by atoms with E-state index < -0.39 is 0 Å². The Morgan fingerprint density at radius 2 is 1.83 bits per heavy atom. The number of hydrogen-bond acceptors (Lipinski definition) is 5. The van der Waals surface area contributed by atoms with Crippen LogP contribution in [0.4, 0.5) is 0 Å². The first kappa shape index (κ1) is 24.1. The van der Waals surface area contributed by atoms with Crippen LogP contribution in [0.1, 0.15) is 39.9 Å². The van der Waals surface area contributed by atoms with Crippen LogP contribution in [0.2, 0.25) is 0 Å². The van der Waals surface area contributed by atoms with Gasteiger partial charge in [0.15, 0.2) is 5.16 Å². The van der Waals surface area contributed by atoms with Gasteiger partial charge in [-0.2, -0.15) is 0 Å². The van der Waals surface area contributed by atoms with Crippen molar-refractivity contribution in [3.05, 3.63) is 93.3 Å². The molecule has 0 radical (unpaired) electrons. The van der Waals surface area contributed by atoms with Crippen LogP contribution in [0.3, 0.4) is 0 Å². The summed E-state index contributed by atoms with van der Waals surface area (Å²) in [7, 11) is 1.61. The van der Waals surface area contributed by atoms with Gasteiger partial charge in [-0.05, 0) is 68.1 Å². The third-order valence-corrected chi connectivity index (χ3v) is 7.64. The predicted octanol–water partition coefficient (Wildman–Crippen LogP) is 5.54. The molecule has 0 saturated carbocycles. The summed E-state index contributed by atoms with van der Waals surface area (Å²) >= 11 is 1.52. The number of carbonyl (C=O) groups excluding carboxylic acids is 1. The van der Waals surface area contributed by atoms with Crippen LogP contribution in [0, 0.1) is 13.8 Å². The maximum absolute atomic E-state index is 13.8. The van der Waals surface area contributed by atoms with E-state index >= 15 is 0 Å². The van der Waals surface area contributed by atoms with Crippen molar-refractivity contribution >= 4 is 28.6 Å². The van der Waals surface area contributed by atoms with E-state index in [0.717, 1.165) is 25.9 Å². The Kier molecular flexibility index (Phi) is 6.83. The highest BCUT2D eigenvalue weighted by atomic mass is 32.2. The van der Waals surface area contributed by atoms with Gasteiger partial charge in [0.1, 0.15) is 5.75 Å². The highest BCUT2D eigenvalue weighted by Crippen LogP contribution is 2.28. The Morgan fingerprint density at radius 3 is 2.61 bits per heavy atom. The van der Waals surface area contributed by atoms with Crippen molar-refractivity contribution in [3.8, 4) is 11.4 Å². The van der Waals surface area contributed by atoms with E-state index in [1.807, 2.05) is 29.2 Å². The second-order valence-corrected chi connectivity index (χ2v) is 10.1. The molecule has 1 aliphatic rings. The molecule has 3 aromatic carbocycles. The van der Waals surface area contributed by atoms with Gasteiger partial charge in [-0.3, -0.25) is 14.2 Å². The van der Waals surface area contributed by atoms with E-state index in [0.29, 0.717) is 38.8 Å². The number of methoxy groups -OCH3 is 1. The van der Waals surface area contributed by atoms with Gasteiger partial charge in [0, 0.05) is 30.5 Å². The van der Waals surface area contributed by atoms with Crippen molar-refractivity contribution in [3.63, 3.8) is 0 Å². The first-order valence-corrected chi connectivity index (χ1v) is 13.1. The Hall–Kier alpha value is -3.58. The summed E-state index contributed by atoms with van der Waals surface area (Å²) in [5.74, 6) is 1.33. The molecule has 36 heavy (non-hydrogen) atoms. The lowest BCUT2D eigenvalue weighted by molar-refractivity contribution is 0.0793. The van der Waals surface area contributed by atoms with Crippen molar-refractivity contribution < 1.29 is 9.53 Å². The summed E-state index contributed by atoms with van der Waals surface area (Å²) in [6, 6.07) is 19.0. The van der Waals surface area contributed by atoms with Crippen LogP contribution < -0.4 is 10.3 Å². The SMILES string of the molecule is COc1cccc(-n2c(SCc3cc(C)ccc3C)nc3cc(C(=O)N4CCCC4)ccc3c2=O)c1. The minimum absolute atomic E-state index is 0.00207. The standard InChI is InChI=1S/C29H29N3O3S/c1-19-9-10-20(2)22(15-19)18-36-29-30-26-16-21(27(33)31-13-4-5-14-31)11-12-25(26)28(34)32(29)23-7-6-8-24(17-23)35-3/h6-12,15-17H,4-5,13-14,18H2,1-3H3. The molecule has 0 aliphatic carbocycles. The number of nitrogens with zero attached hydrogens (tertiary/aromatic N) is 3. The third-order valence-electron chi connectivity index (χ3n) is 6.65. The molecule has 0 bridgehead atoms. The van der Waals surface area contributed by atoms with Gasteiger partial charge in [-0.15, -0.1) is 0 Å². The quantitative estimate of drug-likeness (QED) is 0.257. The van der Waals surface area contributed by atoms with Crippen molar-refractivity contribution in [2.24, 2.45) is 0 Å². The number of aryl methyl sites for hydroxylation is 2. The fourth-order valence-corrected chi connectivity index (χ4v) is 5.65. The van der Waals surface area contributed by atoms with E-state index in [4.69, 9.17) is 9.72 Å². The number of hydrogen-bond donors (Lipinski definition) is 0. The fourth-order valence-electron chi connectivity index (χ4n) is 4.57. The first-order chi connectivity index (χ1) is 17.4. The Labute approximate surface area is 214 Å². The monoisotopic (exact) mass is 499 g/mol. The van der Waals surface area contributed by atoms with Crippen LogP contribution in [0.15, 0.2) is 70.6 Å². The molecular weight excluding hydrogens is 470 g/mol. The summed E-state index contributed by atoms with van der Waals surface area (Å²) in [4.78, 5) is 33.6. The topological polar surface area (TPSA) is 64.4 Å². The second kappa shape index (κ2) is 10.2. The zero-order valence-corrected chi connectivity index (χ0v) is 21.6. The largest absolute Gasteiger partial charge is 0.497 e. The zero-order chi connectivity index (χ0) is 25.2. The first-order valence-electron chi connectivity index (χ1n) is 12.1. The molecule has 0 unspecified atom stereocenters. The molecule has 1 amide bonds. The van der Waals surface area contributed by atoms with Crippen molar-refractivity contribution in [1.82, 2.24) is 14.5 Å². The molecule has 0 spiro atoms. The summed E-state index contributed by atoms with van der Waals surface area (Å²) in [5, 5.41) is 1.05. The van der Waals surface area contributed by atoms with Gasteiger partial charge in [-0.25, -0.2) is 4.98 Å². The minimum atomic E-state index is -0.170. The number of aromatic nitrogens is 2. The van der Waals surface area contributed by atoms with Gasteiger partial charge in [-0.1, -0.05) is 41.6 Å². The summed E-state index contributed by atoms with van der Waals surface area (Å²) < 4.78 is 7.05. The Balaban J connectivity index is 1.62. The second-order valence-electron chi connectivity index (χ2n) is 9.19. The average molecular weight is 500 g/mol. The van der Waals surface area contributed by atoms with E-state index in [1.165, 1.54) is 28.5 Å². The number of amides is 1. The summed E-state index contributed by atoms with van der Waals surface area (Å²) in [6.07, 6.45) is 2.06. The minimum Gasteiger partial charge on any atom is -0.497 e. The molecular formula is C29H29N3O3S. The summed E-state index contributed by atoms with van der Waals surface area (Å²) in [6.45, 7) is 5.72. The number of fused-ring (bicyclic) bond motifs is 1. The molecule has 4 aromatic rings. The van der Waals surface area contributed by atoms with E-state index in [9.17, 15) is 9.59 Å². The number of rotatable bonds is 6. The van der Waals surface area contributed by atoms with Crippen LogP contribution in [-0.2, 0) is 5.75 Å². The van der Waals surface area contributed by atoms with Gasteiger partial charge >= 0.3 is 0 Å². The molecule has 1 fully saturated rings. The zero-order valence-electron chi connectivity index (χ0n) is 20.8. The van der Waals surface area contributed by atoms with Gasteiger partial charge in [0.05, 0.1) is 23.7 Å². The molecule has 1 aromatic heterocycles. The van der Waals surface area contributed by atoms with Crippen LogP contribution in [0.25, 0.3) is 16.6 Å². The third kappa shape index (κ3) is 4.75. The Morgan fingerprint density at radius 1 is 1.03 bits per heavy atom. The van der Waals surface area contributed by atoms with Gasteiger partial charge < -0.3 is 9.64 Å². The lowest BCUT2D eigenvalue weighted by atomic mass is 10.1.